The van der Waals surface area contributed by atoms with E-state index in [1.807, 2.05) is 24.3 Å². The molecule has 3 rings (SSSR count). The summed E-state index contributed by atoms with van der Waals surface area (Å²) in [6.07, 6.45) is 5.44. The Labute approximate surface area is 207 Å². The molecule has 0 aliphatic carbocycles. The zero-order chi connectivity index (χ0) is 24.2. The Morgan fingerprint density at radius 2 is 1.32 bits per heavy atom. The van der Waals surface area contributed by atoms with Crippen molar-refractivity contribution < 1.29 is 19.7 Å². The van der Waals surface area contributed by atoms with Crippen molar-refractivity contribution in [2.75, 3.05) is 7.11 Å². The van der Waals surface area contributed by atoms with Crippen LogP contribution in [0.3, 0.4) is 0 Å². The van der Waals surface area contributed by atoms with Gasteiger partial charge in [0.2, 0.25) is 0 Å². The number of hydrogen-bond acceptors (Lipinski definition) is 4. The second-order valence-corrected chi connectivity index (χ2v) is 19.5. The van der Waals surface area contributed by atoms with Crippen molar-refractivity contribution in [3.05, 3.63) is 101 Å². The van der Waals surface area contributed by atoms with Crippen molar-refractivity contribution in [1.82, 2.24) is 0 Å². The molecule has 0 bridgehead atoms. The molecule has 1 N–H and O–H groups in total. The number of benzene rings is 3. The van der Waals surface area contributed by atoms with E-state index in [-0.39, 0.29) is 12.4 Å². The Hall–Kier alpha value is -2.41. The minimum absolute atomic E-state index is 0.152. The fraction of sp³-hybridized carbons (Fsp3) is 0.276. The van der Waals surface area contributed by atoms with Crippen LogP contribution in [0.5, 0.6) is 0 Å². The number of carbonyl (C=O) groups is 1. The molecule has 0 heterocycles. The van der Waals surface area contributed by atoms with E-state index >= 15 is 0 Å². The topological polar surface area (TPSA) is 55.8 Å². The first-order chi connectivity index (χ1) is 16.7. The van der Waals surface area contributed by atoms with Gasteiger partial charge in [-0.1, -0.05) is 0 Å². The van der Waals surface area contributed by atoms with Gasteiger partial charge < -0.3 is 0 Å². The van der Waals surface area contributed by atoms with Crippen LogP contribution in [-0.4, -0.2) is 42.8 Å². The van der Waals surface area contributed by atoms with E-state index in [2.05, 4.69) is 79.7 Å². The van der Waals surface area contributed by atoms with E-state index in [9.17, 15) is 10.1 Å². The maximum atomic E-state index is 12.8. The summed E-state index contributed by atoms with van der Waals surface area (Å²) in [5.74, 6) is -0.291. The second kappa shape index (κ2) is 13.5. The van der Waals surface area contributed by atoms with Gasteiger partial charge >= 0.3 is 208 Å². The fourth-order valence-corrected chi connectivity index (χ4v) is 19.0. The molecule has 0 saturated carbocycles. The predicted molar refractivity (Wildman–Crippen MR) is 140 cm³/mol. The van der Waals surface area contributed by atoms with Crippen molar-refractivity contribution in [3.8, 4) is 0 Å². The summed E-state index contributed by atoms with van der Waals surface area (Å²) in [5.41, 5.74) is 0. The summed E-state index contributed by atoms with van der Waals surface area (Å²) in [4.78, 5) is 17.7. The first kappa shape index (κ1) is 26.2. The zero-order valence-corrected chi connectivity index (χ0v) is 22.9. The molecule has 0 amide bonds. The number of carbonyl (C=O) groups excluding carboxylic acids is 1. The first-order valence-electron chi connectivity index (χ1n) is 11.9. The molecular weight excluding hydrogens is 531 g/mol. The third kappa shape index (κ3) is 6.17. The van der Waals surface area contributed by atoms with E-state index in [1.165, 1.54) is 17.8 Å². The van der Waals surface area contributed by atoms with Crippen molar-refractivity contribution in [1.29, 1.82) is 0 Å². The Morgan fingerprint density at radius 1 is 0.853 bits per heavy atom. The summed E-state index contributed by atoms with van der Waals surface area (Å²) < 4.78 is 9.86. The second-order valence-electron chi connectivity index (χ2n) is 8.43. The van der Waals surface area contributed by atoms with Crippen LogP contribution in [-0.2, 0) is 14.4 Å². The predicted octanol–water partition coefficient (Wildman–Crippen LogP) is 4.62. The Morgan fingerprint density at radius 3 is 1.71 bits per heavy atom. The Kier molecular flexibility index (Phi) is 10.4. The van der Waals surface area contributed by atoms with E-state index in [4.69, 9.17) is 9.62 Å². The van der Waals surface area contributed by atoms with Gasteiger partial charge in [0.15, 0.2) is 0 Å². The van der Waals surface area contributed by atoms with Crippen molar-refractivity contribution in [3.63, 3.8) is 0 Å². The van der Waals surface area contributed by atoms with E-state index in [1.54, 1.807) is 0 Å². The summed E-state index contributed by atoms with van der Waals surface area (Å²) in [5, 5.41) is 9.81. The molecule has 5 heteroatoms. The van der Waals surface area contributed by atoms with E-state index in [0.717, 1.165) is 22.9 Å². The zero-order valence-electron chi connectivity index (χ0n) is 20.0. The minimum atomic E-state index is -3.97. The number of esters is 1. The van der Waals surface area contributed by atoms with Crippen molar-refractivity contribution in [2.24, 2.45) is 0 Å². The number of rotatable bonds is 12. The standard InChI is InChI=1S/C11H19O4.3C6H5.Sn/c1-3-4-5-7-10(15-13)8-6-9-11(12)14-2;3*1-2-4-6-5-3-1;/h8,10,13H,3-5,7,9H2,1-2H3;3*1-5H;/t10-;;;;/m1..../s1. The van der Waals surface area contributed by atoms with Crippen molar-refractivity contribution in [2.45, 2.75) is 45.1 Å². The van der Waals surface area contributed by atoms with Crippen LogP contribution >= 0.6 is 0 Å². The van der Waals surface area contributed by atoms with Gasteiger partial charge in [-0.05, 0) is 0 Å². The third-order valence-corrected chi connectivity index (χ3v) is 20.3. The summed E-state index contributed by atoms with van der Waals surface area (Å²) in [6, 6.07) is 31.5. The average molecular weight is 565 g/mol. The molecule has 0 radical (unpaired) electrons. The van der Waals surface area contributed by atoms with Crippen LogP contribution in [0.4, 0.5) is 0 Å². The number of ether oxygens (including phenoxy) is 1. The molecule has 0 saturated heterocycles. The number of methoxy groups -OCH3 is 1. The summed E-state index contributed by atoms with van der Waals surface area (Å²) >= 11 is -3.97. The van der Waals surface area contributed by atoms with Crippen LogP contribution in [0.2, 0.25) is 0 Å². The SMILES string of the molecule is CCCCC[C@H](/C=[C](/CC(=O)OC)[Sn]([c]1ccccc1)([c]1ccccc1)[c]1ccccc1)OO. The molecule has 34 heavy (non-hydrogen) atoms. The summed E-state index contributed by atoms with van der Waals surface area (Å²) in [6.45, 7) is 2.15. The number of unbranched alkanes of at least 4 members (excludes halogenated alkanes) is 2. The van der Waals surface area contributed by atoms with Gasteiger partial charge in [0.1, 0.15) is 0 Å². The molecule has 0 aliphatic heterocycles. The molecule has 4 nitrogen and oxygen atoms in total. The van der Waals surface area contributed by atoms with Crippen LogP contribution in [0, 0.1) is 0 Å². The molecule has 0 spiro atoms. The van der Waals surface area contributed by atoms with Gasteiger partial charge in [-0.15, -0.1) is 0 Å². The monoisotopic (exact) mass is 566 g/mol. The number of hydrogen-bond donors (Lipinski definition) is 1. The fourth-order valence-electron chi connectivity index (χ4n) is 4.65. The molecule has 3 aromatic rings. The molecule has 3 aromatic carbocycles. The Balaban J connectivity index is 2.34. The van der Waals surface area contributed by atoms with Crippen LogP contribution in [0.25, 0.3) is 0 Å². The van der Waals surface area contributed by atoms with E-state index in [0.29, 0.717) is 6.42 Å². The molecule has 0 unspecified atom stereocenters. The molecule has 0 aromatic heterocycles. The van der Waals surface area contributed by atoms with Crippen molar-refractivity contribution >= 4 is 35.1 Å². The summed E-state index contributed by atoms with van der Waals surface area (Å²) in [7, 11) is 1.42. The molecule has 178 valence electrons. The van der Waals surface area contributed by atoms with E-state index < -0.39 is 24.5 Å². The Bertz CT molecular complexity index is 939. The van der Waals surface area contributed by atoms with Gasteiger partial charge in [-0.3, -0.25) is 0 Å². The van der Waals surface area contributed by atoms with Gasteiger partial charge in [0.05, 0.1) is 0 Å². The van der Waals surface area contributed by atoms with Crippen LogP contribution in [0.15, 0.2) is 101 Å². The maximum absolute atomic E-state index is 12.8. The molecular formula is C29H34O4Sn. The van der Waals surface area contributed by atoms with Gasteiger partial charge in [-0.25, -0.2) is 0 Å². The average Bonchev–Trinajstić information content (AvgIpc) is 2.90. The van der Waals surface area contributed by atoms with Crippen LogP contribution in [0.1, 0.15) is 39.0 Å². The third-order valence-electron chi connectivity index (χ3n) is 6.28. The van der Waals surface area contributed by atoms with Gasteiger partial charge in [0.25, 0.3) is 0 Å². The quantitative estimate of drug-likeness (QED) is 0.115. The van der Waals surface area contributed by atoms with Gasteiger partial charge in [0, 0.05) is 0 Å². The molecule has 0 fully saturated rings. The van der Waals surface area contributed by atoms with Gasteiger partial charge in [-0.2, -0.15) is 0 Å². The normalized spacial score (nSPS) is 12.9. The first-order valence-corrected chi connectivity index (χ1v) is 17.6. The molecule has 1 atom stereocenters. The molecule has 0 aliphatic rings. The van der Waals surface area contributed by atoms with Crippen LogP contribution < -0.4 is 10.7 Å².